The van der Waals surface area contributed by atoms with E-state index in [4.69, 9.17) is 0 Å². The van der Waals surface area contributed by atoms with Gasteiger partial charge in [0.15, 0.2) is 0 Å². The molecule has 4 heterocycles. The van der Waals surface area contributed by atoms with Gasteiger partial charge in [-0.2, -0.15) is 0 Å². The Balaban J connectivity index is 1.16. The van der Waals surface area contributed by atoms with Crippen molar-refractivity contribution in [1.82, 2.24) is 0 Å². The Bertz CT molecular complexity index is 1420. The zero-order valence-electron chi connectivity index (χ0n) is 26.3. The number of rotatable bonds is 19. The second kappa shape index (κ2) is 20.3. The molecule has 0 unspecified atom stereocenters. The van der Waals surface area contributed by atoms with Gasteiger partial charge in [-0.05, 0) is 111 Å². The van der Waals surface area contributed by atoms with E-state index in [1.54, 1.807) is 0 Å². The molecule has 4 aromatic heterocycles. The smallest absolute Gasteiger partial charge is 0.0276 e. The molecule has 4 aromatic rings. The van der Waals surface area contributed by atoms with E-state index in [9.17, 15) is 0 Å². The molecule has 0 N–H and O–H groups in total. The molecular formula is C40H46S4. The molecule has 4 rings (SSSR count). The van der Waals surface area contributed by atoms with Gasteiger partial charge in [-0.15, -0.1) is 45.3 Å². The predicted octanol–water partition coefficient (Wildman–Crippen LogP) is 14.4. The molecule has 0 amide bonds. The van der Waals surface area contributed by atoms with Crippen LogP contribution in [0, 0.1) is 0 Å². The summed E-state index contributed by atoms with van der Waals surface area (Å²) in [6.07, 6.45) is 39.1. The van der Waals surface area contributed by atoms with E-state index in [1.807, 2.05) is 45.3 Å². The van der Waals surface area contributed by atoms with E-state index in [1.165, 1.54) is 103 Å². The van der Waals surface area contributed by atoms with E-state index in [0.717, 1.165) is 0 Å². The molecule has 0 aliphatic rings. The van der Waals surface area contributed by atoms with Crippen LogP contribution in [-0.2, 0) is 12.8 Å². The molecule has 0 spiro atoms. The second-order valence-electron chi connectivity index (χ2n) is 10.9. The molecule has 0 saturated carbocycles. The highest BCUT2D eigenvalue weighted by Crippen LogP contribution is 2.24. The fourth-order valence-electron chi connectivity index (χ4n) is 4.69. The summed E-state index contributed by atoms with van der Waals surface area (Å²) in [5.74, 6) is 0. The largest absolute Gasteiger partial charge is 0.141 e. The Labute approximate surface area is 282 Å². The third-order valence-electron chi connectivity index (χ3n) is 7.11. The first-order chi connectivity index (χ1) is 21.7. The Morgan fingerprint density at radius 3 is 0.977 bits per heavy atom. The lowest BCUT2D eigenvalue weighted by Crippen LogP contribution is -1.80. The molecule has 0 aliphatic carbocycles. The Morgan fingerprint density at radius 1 is 0.364 bits per heavy atom. The number of unbranched alkanes of at least 4 members (excludes halogenated alkanes) is 6. The van der Waals surface area contributed by atoms with Gasteiger partial charge in [-0.3, -0.25) is 0 Å². The molecule has 0 saturated heterocycles. The lowest BCUT2D eigenvalue weighted by atomic mass is 10.1. The Hall–Kier alpha value is -2.76. The van der Waals surface area contributed by atoms with Gasteiger partial charge in [0.1, 0.15) is 0 Å². The van der Waals surface area contributed by atoms with Gasteiger partial charge in [0.2, 0.25) is 0 Å². The van der Waals surface area contributed by atoms with Crippen molar-refractivity contribution in [2.75, 3.05) is 0 Å². The van der Waals surface area contributed by atoms with Crippen molar-refractivity contribution < 1.29 is 0 Å². The van der Waals surface area contributed by atoms with E-state index >= 15 is 0 Å². The average Bonchev–Trinajstić information content (AvgIpc) is 3.85. The van der Waals surface area contributed by atoms with Gasteiger partial charge in [-0.25, -0.2) is 0 Å². The SMILES string of the molecule is CCCCCCc1ccc(/C=C/C=C/c2ccc(/C=C/C=C/c3ccc(/C=C/C=C/c4ccc(CCCCCC)s4)s3)s2)s1. The van der Waals surface area contributed by atoms with Crippen LogP contribution in [0.5, 0.6) is 0 Å². The molecule has 4 heteroatoms. The van der Waals surface area contributed by atoms with Gasteiger partial charge in [0.25, 0.3) is 0 Å². The van der Waals surface area contributed by atoms with E-state index < -0.39 is 0 Å². The molecule has 44 heavy (non-hydrogen) atoms. The van der Waals surface area contributed by atoms with Crippen molar-refractivity contribution in [3.05, 3.63) is 124 Å². The van der Waals surface area contributed by atoms with Crippen LogP contribution in [0.4, 0.5) is 0 Å². The van der Waals surface area contributed by atoms with Crippen molar-refractivity contribution in [2.24, 2.45) is 0 Å². The maximum absolute atomic E-state index is 2.29. The first-order valence-electron chi connectivity index (χ1n) is 16.1. The number of thiophene rings is 4. The maximum atomic E-state index is 2.29. The van der Waals surface area contributed by atoms with Gasteiger partial charge >= 0.3 is 0 Å². The second-order valence-corrected chi connectivity index (χ2v) is 15.6. The van der Waals surface area contributed by atoms with Gasteiger partial charge in [0, 0.05) is 39.0 Å². The summed E-state index contributed by atoms with van der Waals surface area (Å²) >= 11 is 7.46. The van der Waals surface area contributed by atoms with Crippen molar-refractivity contribution in [1.29, 1.82) is 0 Å². The summed E-state index contributed by atoms with van der Waals surface area (Å²) in [5.41, 5.74) is 0. The maximum Gasteiger partial charge on any atom is 0.0276 e. The molecule has 0 bridgehead atoms. The topological polar surface area (TPSA) is 0 Å². The van der Waals surface area contributed by atoms with E-state index in [0.29, 0.717) is 0 Å². The summed E-state index contributed by atoms with van der Waals surface area (Å²) in [6, 6.07) is 17.8. The average molecular weight is 655 g/mol. The zero-order chi connectivity index (χ0) is 30.7. The van der Waals surface area contributed by atoms with E-state index in [2.05, 4.69) is 135 Å². The third kappa shape index (κ3) is 13.1. The Morgan fingerprint density at radius 2 is 0.659 bits per heavy atom. The molecule has 230 valence electrons. The minimum absolute atomic E-state index is 1.22. The zero-order valence-corrected chi connectivity index (χ0v) is 29.5. The van der Waals surface area contributed by atoms with Crippen LogP contribution in [0.1, 0.15) is 104 Å². The molecular weight excluding hydrogens is 609 g/mol. The number of hydrogen-bond donors (Lipinski definition) is 0. The molecule has 0 radical (unpaired) electrons. The predicted molar refractivity (Wildman–Crippen MR) is 207 cm³/mol. The van der Waals surface area contributed by atoms with Crippen molar-refractivity contribution in [3.8, 4) is 0 Å². The summed E-state index contributed by atoms with van der Waals surface area (Å²) < 4.78 is 0. The minimum atomic E-state index is 1.22. The summed E-state index contributed by atoms with van der Waals surface area (Å²) in [5, 5.41) is 0. The van der Waals surface area contributed by atoms with Crippen LogP contribution < -0.4 is 0 Å². The van der Waals surface area contributed by atoms with Gasteiger partial charge in [-0.1, -0.05) is 88.8 Å². The van der Waals surface area contributed by atoms with Crippen molar-refractivity contribution in [2.45, 2.75) is 78.1 Å². The third-order valence-corrected chi connectivity index (χ3v) is 11.4. The summed E-state index contributed by atoms with van der Waals surface area (Å²) in [7, 11) is 0. The lowest BCUT2D eigenvalue weighted by molar-refractivity contribution is 0.670. The van der Waals surface area contributed by atoms with Crippen LogP contribution in [0.15, 0.2) is 85.0 Å². The number of hydrogen-bond acceptors (Lipinski definition) is 4. The summed E-state index contributed by atoms with van der Waals surface area (Å²) in [6.45, 7) is 4.54. The van der Waals surface area contributed by atoms with Crippen LogP contribution >= 0.6 is 45.3 Å². The van der Waals surface area contributed by atoms with E-state index in [-0.39, 0.29) is 0 Å². The Kier molecular flexibility index (Phi) is 15.7. The van der Waals surface area contributed by atoms with Crippen LogP contribution in [0.3, 0.4) is 0 Å². The van der Waals surface area contributed by atoms with Gasteiger partial charge in [0.05, 0.1) is 0 Å². The quantitative estimate of drug-likeness (QED) is 0.0697. The highest BCUT2D eigenvalue weighted by molar-refractivity contribution is 7.14. The highest BCUT2D eigenvalue weighted by atomic mass is 32.1. The number of aryl methyl sites for hydroxylation is 2. The molecule has 0 aliphatic heterocycles. The molecule has 0 fully saturated rings. The molecule has 0 nitrogen and oxygen atoms in total. The lowest BCUT2D eigenvalue weighted by Gasteiger charge is -1.96. The fraction of sp³-hybridized carbons (Fsp3) is 0.300. The standard InChI is InChI=1S/C40H46S4/c1-3-5-7-9-17-33-25-27-35(41-33)19-11-13-21-37-29-31-39(43-37)23-15-16-24-40-32-30-38(44-40)22-14-12-20-36-28-26-34(42-36)18-10-8-6-4-2/h11-16,19-32H,3-10,17-18H2,1-2H3/b19-11+,20-12+,21-13+,22-14+,23-15+,24-16+. The van der Waals surface area contributed by atoms with Gasteiger partial charge < -0.3 is 0 Å². The van der Waals surface area contributed by atoms with Crippen molar-refractivity contribution in [3.63, 3.8) is 0 Å². The number of allylic oxidation sites excluding steroid dienone is 6. The minimum Gasteiger partial charge on any atom is -0.141 e. The normalized spacial score (nSPS) is 12.7. The van der Waals surface area contributed by atoms with Crippen LogP contribution in [0.2, 0.25) is 0 Å². The fourth-order valence-corrected chi connectivity index (χ4v) is 8.30. The van der Waals surface area contributed by atoms with Crippen molar-refractivity contribution >= 4 is 81.8 Å². The monoisotopic (exact) mass is 654 g/mol. The van der Waals surface area contributed by atoms with Crippen LogP contribution in [0.25, 0.3) is 36.5 Å². The first-order valence-corrected chi connectivity index (χ1v) is 19.4. The highest BCUT2D eigenvalue weighted by Gasteiger charge is 1.99. The molecule has 0 aromatic carbocycles. The van der Waals surface area contributed by atoms with Crippen LogP contribution in [-0.4, -0.2) is 0 Å². The first kappa shape index (κ1) is 34.1. The molecule has 0 atom stereocenters. The summed E-state index contributed by atoms with van der Waals surface area (Å²) in [4.78, 5) is 10.7.